The first kappa shape index (κ1) is 13.5. The number of halogens is 1. The lowest BCUT2D eigenvalue weighted by molar-refractivity contribution is -0.0165. The number of hydrogen-bond donors (Lipinski definition) is 0. The SMILES string of the molecule is CC(C)(C)OCCN1CCCC(CBr)C1. The van der Waals surface area contributed by atoms with Crippen LogP contribution < -0.4 is 0 Å². The van der Waals surface area contributed by atoms with Crippen LogP contribution in [-0.2, 0) is 4.74 Å². The second-order valence-corrected chi connectivity index (χ2v) is 6.07. The van der Waals surface area contributed by atoms with Crippen molar-refractivity contribution in [3.05, 3.63) is 0 Å². The maximum Gasteiger partial charge on any atom is 0.0600 e. The lowest BCUT2D eigenvalue weighted by Gasteiger charge is -2.32. The Morgan fingerprint density at radius 1 is 1.40 bits per heavy atom. The van der Waals surface area contributed by atoms with Crippen LogP contribution in [0.5, 0.6) is 0 Å². The molecule has 15 heavy (non-hydrogen) atoms. The minimum Gasteiger partial charge on any atom is -0.375 e. The van der Waals surface area contributed by atoms with Gasteiger partial charge in [0.25, 0.3) is 0 Å². The Morgan fingerprint density at radius 2 is 2.13 bits per heavy atom. The summed E-state index contributed by atoms with van der Waals surface area (Å²) in [4.78, 5) is 2.53. The molecule has 1 fully saturated rings. The van der Waals surface area contributed by atoms with Crippen LogP contribution in [0.1, 0.15) is 33.6 Å². The van der Waals surface area contributed by atoms with Crippen molar-refractivity contribution in [2.45, 2.75) is 39.2 Å². The van der Waals surface area contributed by atoms with Gasteiger partial charge in [0.05, 0.1) is 12.2 Å². The Balaban J connectivity index is 2.15. The van der Waals surface area contributed by atoms with Gasteiger partial charge in [-0.05, 0) is 46.1 Å². The fourth-order valence-corrected chi connectivity index (χ4v) is 2.49. The second kappa shape index (κ2) is 6.21. The van der Waals surface area contributed by atoms with E-state index in [4.69, 9.17) is 4.74 Å². The van der Waals surface area contributed by atoms with Crippen molar-refractivity contribution in [3.8, 4) is 0 Å². The van der Waals surface area contributed by atoms with E-state index in [-0.39, 0.29) is 5.60 Å². The monoisotopic (exact) mass is 277 g/mol. The molecule has 2 nitrogen and oxygen atoms in total. The normalized spacial score (nSPS) is 24.4. The average Bonchev–Trinajstić information content (AvgIpc) is 2.16. The van der Waals surface area contributed by atoms with Gasteiger partial charge in [-0.1, -0.05) is 15.9 Å². The number of nitrogens with zero attached hydrogens (tertiary/aromatic N) is 1. The van der Waals surface area contributed by atoms with Gasteiger partial charge in [0, 0.05) is 18.4 Å². The van der Waals surface area contributed by atoms with Crippen molar-refractivity contribution in [1.29, 1.82) is 0 Å². The minimum absolute atomic E-state index is 0.00457. The molecule has 90 valence electrons. The maximum atomic E-state index is 5.75. The number of piperidine rings is 1. The number of ether oxygens (including phenoxy) is 1. The van der Waals surface area contributed by atoms with Gasteiger partial charge in [-0.25, -0.2) is 0 Å². The molecule has 0 aromatic rings. The van der Waals surface area contributed by atoms with E-state index in [0.717, 1.165) is 24.4 Å². The summed E-state index contributed by atoms with van der Waals surface area (Å²) in [6, 6.07) is 0. The Hall–Kier alpha value is 0.400. The van der Waals surface area contributed by atoms with Crippen molar-refractivity contribution in [2.75, 3.05) is 31.6 Å². The Bertz CT molecular complexity index is 179. The molecule has 0 aliphatic carbocycles. The van der Waals surface area contributed by atoms with Gasteiger partial charge in [0.1, 0.15) is 0 Å². The van der Waals surface area contributed by atoms with Crippen LogP contribution in [0.25, 0.3) is 0 Å². The van der Waals surface area contributed by atoms with Crippen molar-refractivity contribution < 1.29 is 4.74 Å². The van der Waals surface area contributed by atoms with Gasteiger partial charge >= 0.3 is 0 Å². The van der Waals surface area contributed by atoms with Crippen LogP contribution in [-0.4, -0.2) is 42.1 Å². The largest absolute Gasteiger partial charge is 0.375 e. The summed E-state index contributed by atoms with van der Waals surface area (Å²) >= 11 is 3.58. The van der Waals surface area contributed by atoms with Gasteiger partial charge in [-0.15, -0.1) is 0 Å². The third-order valence-electron chi connectivity index (χ3n) is 2.76. The van der Waals surface area contributed by atoms with Crippen LogP contribution in [0, 0.1) is 5.92 Å². The lowest BCUT2D eigenvalue weighted by atomic mass is 10.0. The summed E-state index contributed by atoms with van der Waals surface area (Å²) < 4.78 is 5.75. The quantitative estimate of drug-likeness (QED) is 0.733. The molecule has 1 rings (SSSR count). The molecule has 1 aliphatic rings. The Kier molecular flexibility index (Phi) is 5.58. The molecule has 3 heteroatoms. The van der Waals surface area contributed by atoms with Crippen LogP contribution >= 0.6 is 15.9 Å². The van der Waals surface area contributed by atoms with Gasteiger partial charge in [0.15, 0.2) is 0 Å². The van der Waals surface area contributed by atoms with E-state index in [9.17, 15) is 0 Å². The molecule has 1 aliphatic heterocycles. The zero-order valence-corrected chi connectivity index (χ0v) is 11.8. The Morgan fingerprint density at radius 3 is 2.73 bits per heavy atom. The molecule has 1 heterocycles. The van der Waals surface area contributed by atoms with E-state index < -0.39 is 0 Å². The molecule has 1 saturated heterocycles. The summed E-state index contributed by atoms with van der Waals surface area (Å²) in [5.41, 5.74) is 0.00457. The molecule has 1 unspecified atom stereocenters. The summed E-state index contributed by atoms with van der Waals surface area (Å²) in [7, 11) is 0. The molecule has 0 spiro atoms. The number of alkyl halides is 1. The molecule has 1 atom stereocenters. The highest BCUT2D eigenvalue weighted by molar-refractivity contribution is 9.09. The first-order valence-corrected chi connectivity index (χ1v) is 7.05. The molecular formula is C12H24BrNO. The summed E-state index contributed by atoms with van der Waals surface area (Å²) in [5.74, 6) is 0.841. The van der Waals surface area contributed by atoms with Crippen LogP contribution in [0.2, 0.25) is 0 Å². The third-order valence-corrected chi connectivity index (χ3v) is 3.68. The van der Waals surface area contributed by atoms with Crippen LogP contribution in [0.3, 0.4) is 0 Å². The number of rotatable bonds is 4. The highest BCUT2D eigenvalue weighted by atomic mass is 79.9. The zero-order chi connectivity index (χ0) is 11.3. The molecule has 0 N–H and O–H groups in total. The van der Waals surface area contributed by atoms with Crippen LogP contribution in [0.4, 0.5) is 0 Å². The zero-order valence-electron chi connectivity index (χ0n) is 10.3. The average molecular weight is 278 g/mol. The topological polar surface area (TPSA) is 12.5 Å². The lowest BCUT2D eigenvalue weighted by Crippen LogP contribution is -2.39. The van der Waals surface area contributed by atoms with Crippen LogP contribution in [0.15, 0.2) is 0 Å². The van der Waals surface area contributed by atoms with Gasteiger partial charge in [-0.2, -0.15) is 0 Å². The van der Waals surface area contributed by atoms with Crippen molar-refractivity contribution in [2.24, 2.45) is 5.92 Å². The fraction of sp³-hybridized carbons (Fsp3) is 1.00. The third kappa shape index (κ3) is 5.88. The molecular weight excluding hydrogens is 254 g/mol. The van der Waals surface area contributed by atoms with E-state index in [0.29, 0.717) is 0 Å². The highest BCUT2D eigenvalue weighted by Gasteiger charge is 2.19. The maximum absolute atomic E-state index is 5.75. The summed E-state index contributed by atoms with van der Waals surface area (Å²) in [5, 5.41) is 1.14. The molecule has 0 radical (unpaired) electrons. The summed E-state index contributed by atoms with van der Waals surface area (Å²) in [6.07, 6.45) is 2.72. The van der Waals surface area contributed by atoms with Gasteiger partial charge in [-0.3, -0.25) is 0 Å². The standard InChI is InChI=1S/C12H24BrNO/c1-12(2,3)15-8-7-14-6-4-5-11(9-13)10-14/h11H,4-10H2,1-3H3. The fourth-order valence-electron chi connectivity index (χ4n) is 1.96. The van der Waals surface area contributed by atoms with E-state index >= 15 is 0 Å². The van der Waals surface area contributed by atoms with E-state index in [1.54, 1.807) is 0 Å². The molecule has 0 saturated carbocycles. The predicted octanol–water partition coefficient (Wildman–Crippen LogP) is 2.91. The first-order chi connectivity index (χ1) is 7.01. The number of likely N-dealkylation sites (tertiary alicyclic amines) is 1. The van der Waals surface area contributed by atoms with E-state index in [2.05, 4.69) is 41.6 Å². The molecule has 0 aromatic carbocycles. The smallest absolute Gasteiger partial charge is 0.0600 e. The van der Waals surface area contributed by atoms with E-state index in [1.165, 1.54) is 25.9 Å². The minimum atomic E-state index is 0.00457. The second-order valence-electron chi connectivity index (χ2n) is 5.42. The van der Waals surface area contributed by atoms with Crippen molar-refractivity contribution >= 4 is 15.9 Å². The first-order valence-electron chi connectivity index (χ1n) is 5.93. The molecule has 0 bridgehead atoms. The molecule has 0 aromatic heterocycles. The van der Waals surface area contributed by atoms with Gasteiger partial charge in [0.2, 0.25) is 0 Å². The Labute approximate surface area is 102 Å². The summed E-state index contributed by atoms with van der Waals surface area (Å²) in [6.45, 7) is 10.8. The van der Waals surface area contributed by atoms with E-state index in [1.807, 2.05) is 0 Å². The van der Waals surface area contributed by atoms with Gasteiger partial charge < -0.3 is 9.64 Å². The highest BCUT2D eigenvalue weighted by Crippen LogP contribution is 2.18. The molecule has 0 amide bonds. The van der Waals surface area contributed by atoms with Crippen molar-refractivity contribution in [1.82, 2.24) is 4.90 Å². The number of hydrogen-bond acceptors (Lipinski definition) is 2. The van der Waals surface area contributed by atoms with Crippen molar-refractivity contribution in [3.63, 3.8) is 0 Å². The predicted molar refractivity (Wildman–Crippen MR) is 68.7 cm³/mol.